The van der Waals surface area contributed by atoms with Crippen LogP contribution in [0.2, 0.25) is 0 Å². The van der Waals surface area contributed by atoms with E-state index in [-0.39, 0.29) is 49.4 Å². The highest BCUT2D eigenvalue weighted by Crippen LogP contribution is 2.37. The van der Waals surface area contributed by atoms with Crippen LogP contribution in [0.4, 0.5) is 4.70 Å². The van der Waals surface area contributed by atoms with E-state index in [9.17, 15) is 0 Å². The highest BCUT2D eigenvalue weighted by molar-refractivity contribution is 5.51. The standard InChI is InChI=1S/C9H12O3.C9H12O2.C9H12O.CH4.FH.H2O.2H2/c1-5(2)6-3-7(10)9(12)8(11)4-6;1-6(2)7-3-4-8(10)9(11)5-7;1-7(2)8-3-5-9(10)6-4-8;;;;;/h3-5,10-12H,1-2H3;3-6,10-11H,1-2H3;3-7,10H,1-2H3;1H4;1H;1H2;2*1H. The van der Waals surface area contributed by atoms with Crippen LogP contribution in [-0.2, 0) is 0 Å². The van der Waals surface area contributed by atoms with E-state index in [0.717, 1.165) is 11.1 Å². The van der Waals surface area contributed by atoms with E-state index in [4.69, 9.17) is 30.6 Å². The van der Waals surface area contributed by atoms with Gasteiger partial charge in [0.05, 0.1) is 0 Å². The molecule has 0 spiro atoms. The number of phenols is 6. The molecule has 0 aliphatic carbocycles. The fraction of sp³-hybridized carbons (Fsp3) is 0.357. The summed E-state index contributed by atoms with van der Waals surface area (Å²) in [7, 11) is 0. The van der Waals surface area contributed by atoms with Crippen molar-refractivity contribution in [1.29, 1.82) is 0 Å². The number of hydrogen-bond acceptors (Lipinski definition) is 6. The first-order valence-electron chi connectivity index (χ1n) is 10.9. The largest absolute Gasteiger partial charge is 0.508 e. The van der Waals surface area contributed by atoms with Crippen molar-refractivity contribution in [3.63, 3.8) is 0 Å². The van der Waals surface area contributed by atoms with Gasteiger partial charge in [-0.15, -0.1) is 0 Å². The van der Waals surface area contributed by atoms with Gasteiger partial charge in [0.2, 0.25) is 0 Å². The van der Waals surface area contributed by atoms with Crippen LogP contribution in [0.3, 0.4) is 0 Å². The van der Waals surface area contributed by atoms with Gasteiger partial charge < -0.3 is 36.1 Å². The molecule has 0 saturated heterocycles. The molecular weight excluding hydrogens is 467 g/mol. The van der Waals surface area contributed by atoms with Crippen LogP contribution < -0.4 is 0 Å². The number of aromatic hydroxyl groups is 6. The van der Waals surface area contributed by atoms with Gasteiger partial charge in [0, 0.05) is 2.85 Å². The summed E-state index contributed by atoms with van der Waals surface area (Å²) in [4.78, 5) is 0. The highest BCUT2D eigenvalue weighted by Gasteiger charge is 2.09. The summed E-state index contributed by atoms with van der Waals surface area (Å²) < 4.78 is 0. The fourth-order valence-electron chi connectivity index (χ4n) is 2.72. The maximum absolute atomic E-state index is 9.12. The first-order valence-corrected chi connectivity index (χ1v) is 10.9. The van der Waals surface area contributed by atoms with Crippen molar-refractivity contribution in [2.24, 2.45) is 0 Å². The van der Waals surface area contributed by atoms with Gasteiger partial charge in [0.15, 0.2) is 28.7 Å². The number of hydrogen-bond donors (Lipinski definition) is 6. The summed E-state index contributed by atoms with van der Waals surface area (Å²) in [6, 6.07) is 15.1. The molecular formula is C28H47FO7. The van der Waals surface area contributed by atoms with Gasteiger partial charge in [-0.05, 0) is 70.8 Å². The number of phenolic OH excluding ortho intramolecular Hbond substituents is 6. The Balaban J connectivity index is -0.000000135. The zero-order valence-corrected chi connectivity index (χ0v) is 21.0. The molecule has 8 N–H and O–H groups in total. The molecule has 7 nitrogen and oxygen atoms in total. The Kier molecular flexibility index (Phi) is 17.3. The average Bonchev–Trinajstić information content (AvgIpc) is 2.74. The van der Waals surface area contributed by atoms with Crippen molar-refractivity contribution in [2.45, 2.75) is 66.7 Å². The van der Waals surface area contributed by atoms with Gasteiger partial charge in [-0.3, -0.25) is 4.70 Å². The first kappa shape index (κ1) is 36.9. The van der Waals surface area contributed by atoms with Gasteiger partial charge in [0.1, 0.15) is 5.75 Å². The Bertz CT molecular complexity index is 1010. The van der Waals surface area contributed by atoms with Crippen LogP contribution in [0.25, 0.3) is 0 Å². The normalized spacial score (nSPS) is 9.58. The average molecular weight is 515 g/mol. The van der Waals surface area contributed by atoms with Gasteiger partial charge in [-0.25, -0.2) is 0 Å². The smallest absolute Gasteiger partial charge is 0.200 e. The molecule has 0 heterocycles. The third-order valence-corrected chi connectivity index (χ3v) is 4.98. The third-order valence-electron chi connectivity index (χ3n) is 4.98. The molecule has 3 aromatic rings. The summed E-state index contributed by atoms with van der Waals surface area (Å²) in [6.07, 6.45) is 0. The zero-order valence-electron chi connectivity index (χ0n) is 21.0. The lowest BCUT2D eigenvalue weighted by atomic mass is 10.0. The van der Waals surface area contributed by atoms with E-state index in [1.54, 1.807) is 24.3 Å². The molecule has 0 fully saturated rings. The molecule has 208 valence electrons. The lowest BCUT2D eigenvalue weighted by Crippen LogP contribution is -1.86. The van der Waals surface area contributed by atoms with E-state index in [0.29, 0.717) is 17.6 Å². The SMILES string of the molecule is C.CC(C)c1cc(O)c(O)c(O)c1.CC(C)c1ccc(O)c(O)c1.CC(C)c1ccc(O)cc1.F.O.[HH].[HH]. The Labute approximate surface area is 216 Å². The molecule has 0 saturated carbocycles. The molecule has 8 heteroatoms. The minimum absolute atomic E-state index is 0. The Morgan fingerprint density at radius 2 is 0.861 bits per heavy atom. The van der Waals surface area contributed by atoms with Gasteiger partial charge in [-0.1, -0.05) is 67.2 Å². The van der Waals surface area contributed by atoms with Crippen LogP contribution in [-0.4, -0.2) is 36.1 Å². The van der Waals surface area contributed by atoms with Gasteiger partial charge in [0.25, 0.3) is 0 Å². The molecule has 0 radical (unpaired) electrons. The summed E-state index contributed by atoms with van der Waals surface area (Å²) in [5, 5.41) is 54.3. The number of benzene rings is 3. The second-order valence-corrected chi connectivity index (χ2v) is 8.71. The monoisotopic (exact) mass is 514 g/mol. The maximum Gasteiger partial charge on any atom is 0.200 e. The molecule has 0 aliphatic rings. The van der Waals surface area contributed by atoms with E-state index in [1.807, 2.05) is 39.8 Å². The van der Waals surface area contributed by atoms with Crippen molar-refractivity contribution in [3.05, 3.63) is 71.3 Å². The van der Waals surface area contributed by atoms with Gasteiger partial charge in [-0.2, -0.15) is 0 Å². The Morgan fingerprint density at radius 3 is 1.22 bits per heavy atom. The summed E-state index contributed by atoms with van der Waals surface area (Å²) in [5.41, 5.74) is 3.08. The highest BCUT2D eigenvalue weighted by atomic mass is 19.0. The second kappa shape index (κ2) is 16.9. The van der Waals surface area contributed by atoms with E-state index >= 15 is 0 Å². The van der Waals surface area contributed by atoms with Gasteiger partial charge >= 0.3 is 0 Å². The molecule has 3 aromatic carbocycles. The predicted molar refractivity (Wildman–Crippen MR) is 149 cm³/mol. The minimum Gasteiger partial charge on any atom is -0.508 e. The fourth-order valence-corrected chi connectivity index (χ4v) is 2.72. The summed E-state index contributed by atoms with van der Waals surface area (Å²) in [6.45, 7) is 12.2. The Hall–Kier alpha value is -3.65. The lowest BCUT2D eigenvalue weighted by molar-refractivity contribution is 0.366. The van der Waals surface area contributed by atoms with Crippen LogP contribution >= 0.6 is 0 Å². The summed E-state index contributed by atoms with van der Waals surface area (Å²) in [5.74, 6) is 0.344. The third kappa shape index (κ3) is 11.7. The molecule has 36 heavy (non-hydrogen) atoms. The van der Waals surface area contributed by atoms with Crippen LogP contribution in [0.5, 0.6) is 34.5 Å². The zero-order chi connectivity index (χ0) is 25.3. The Morgan fingerprint density at radius 1 is 0.500 bits per heavy atom. The van der Waals surface area contributed by atoms with Crippen molar-refractivity contribution >= 4 is 0 Å². The second-order valence-electron chi connectivity index (χ2n) is 8.71. The maximum atomic E-state index is 9.12. The van der Waals surface area contributed by atoms with E-state index in [2.05, 4.69) is 13.8 Å². The van der Waals surface area contributed by atoms with Crippen molar-refractivity contribution in [1.82, 2.24) is 0 Å². The first-order chi connectivity index (χ1) is 15.3. The molecule has 0 aromatic heterocycles. The predicted octanol–water partition coefficient (Wildman–Crippen LogP) is 7.12. The number of rotatable bonds is 3. The number of halogens is 1. The molecule has 0 amide bonds. The van der Waals surface area contributed by atoms with Crippen LogP contribution in [0, 0.1) is 0 Å². The van der Waals surface area contributed by atoms with E-state index < -0.39 is 5.75 Å². The molecule has 0 aliphatic heterocycles. The lowest BCUT2D eigenvalue weighted by Gasteiger charge is -2.07. The van der Waals surface area contributed by atoms with E-state index in [1.165, 1.54) is 23.8 Å². The molecule has 0 bridgehead atoms. The molecule has 0 unspecified atom stereocenters. The van der Waals surface area contributed by atoms with Crippen molar-refractivity contribution in [2.75, 3.05) is 0 Å². The van der Waals surface area contributed by atoms with Crippen LogP contribution in [0.15, 0.2) is 54.6 Å². The summed E-state index contributed by atoms with van der Waals surface area (Å²) >= 11 is 0. The minimum atomic E-state index is -0.459. The van der Waals surface area contributed by atoms with Crippen molar-refractivity contribution in [3.8, 4) is 34.5 Å². The topological polar surface area (TPSA) is 153 Å². The van der Waals surface area contributed by atoms with Crippen LogP contribution in [0.1, 0.15) is 86.3 Å². The quantitative estimate of drug-likeness (QED) is 0.205. The molecule has 0 atom stereocenters. The van der Waals surface area contributed by atoms with Crippen molar-refractivity contribution < 1.29 is 43.7 Å². The molecule has 3 rings (SSSR count).